The van der Waals surface area contributed by atoms with E-state index in [-0.39, 0.29) is 31.1 Å². The van der Waals surface area contributed by atoms with Crippen LogP contribution in [0.1, 0.15) is 303 Å². The molecule has 0 heterocycles. The highest BCUT2D eigenvalue weighted by atomic mass is 16.6. The first-order valence-electron chi connectivity index (χ1n) is 30.4. The molecule has 0 saturated heterocycles. The van der Waals surface area contributed by atoms with Crippen LogP contribution in [0, 0.1) is 0 Å². The van der Waals surface area contributed by atoms with Gasteiger partial charge in [-0.2, -0.15) is 0 Å². The Kier molecular flexibility index (Phi) is 56.8. The summed E-state index contributed by atoms with van der Waals surface area (Å²) in [5, 5.41) is 0. The largest absolute Gasteiger partial charge is 0.462 e. The first-order valence-corrected chi connectivity index (χ1v) is 30.4. The predicted octanol–water partition coefficient (Wildman–Crippen LogP) is 20.5. The van der Waals surface area contributed by atoms with Gasteiger partial charge in [0.2, 0.25) is 0 Å². The fraction of sp³-hybridized carbons (Fsp3) is 0.769. The molecule has 0 aliphatic carbocycles. The Morgan fingerprint density at radius 2 is 0.507 bits per heavy atom. The maximum Gasteiger partial charge on any atom is 0.306 e. The van der Waals surface area contributed by atoms with E-state index in [2.05, 4.69) is 93.7 Å². The Labute approximate surface area is 440 Å². The molecule has 0 amide bonds. The number of unbranched alkanes of at least 4 members (excludes halogenated alkanes) is 32. The van der Waals surface area contributed by atoms with E-state index in [0.29, 0.717) is 19.3 Å². The smallest absolute Gasteiger partial charge is 0.306 e. The van der Waals surface area contributed by atoms with E-state index in [1.807, 2.05) is 0 Å². The molecule has 0 saturated carbocycles. The van der Waals surface area contributed by atoms with E-state index in [0.717, 1.165) is 89.9 Å². The number of ether oxygens (including phenoxy) is 3. The minimum absolute atomic E-state index is 0.0898. The van der Waals surface area contributed by atoms with Gasteiger partial charge in [0.05, 0.1) is 0 Å². The molecule has 0 spiro atoms. The third kappa shape index (κ3) is 57.6. The Bertz CT molecular complexity index is 1320. The zero-order valence-corrected chi connectivity index (χ0v) is 47.0. The fourth-order valence-corrected chi connectivity index (χ4v) is 8.53. The van der Waals surface area contributed by atoms with Crippen LogP contribution in [0.4, 0.5) is 0 Å². The van der Waals surface area contributed by atoms with Gasteiger partial charge in [0, 0.05) is 19.3 Å². The van der Waals surface area contributed by atoms with Crippen molar-refractivity contribution in [2.24, 2.45) is 0 Å². The van der Waals surface area contributed by atoms with Gasteiger partial charge in [-0.25, -0.2) is 0 Å². The second kappa shape index (κ2) is 59.4. The van der Waals surface area contributed by atoms with Crippen molar-refractivity contribution in [3.8, 4) is 0 Å². The third-order valence-corrected chi connectivity index (χ3v) is 13.2. The summed E-state index contributed by atoms with van der Waals surface area (Å²) in [7, 11) is 0. The summed E-state index contributed by atoms with van der Waals surface area (Å²) < 4.78 is 16.9. The maximum absolute atomic E-state index is 12.9. The van der Waals surface area contributed by atoms with Gasteiger partial charge in [-0.3, -0.25) is 14.4 Å². The Morgan fingerprint density at radius 3 is 0.845 bits per heavy atom. The van der Waals surface area contributed by atoms with Gasteiger partial charge in [0.1, 0.15) is 13.2 Å². The van der Waals surface area contributed by atoms with E-state index < -0.39 is 6.10 Å². The second-order valence-corrected chi connectivity index (χ2v) is 20.2. The lowest BCUT2D eigenvalue weighted by Gasteiger charge is -2.18. The highest BCUT2D eigenvalue weighted by Crippen LogP contribution is 2.15. The molecule has 6 nitrogen and oxygen atoms in total. The Morgan fingerprint density at radius 1 is 0.282 bits per heavy atom. The molecule has 0 fully saturated rings. The van der Waals surface area contributed by atoms with Gasteiger partial charge >= 0.3 is 17.9 Å². The number of rotatable bonds is 55. The fourth-order valence-electron chi connectivity index (χ4n) is 8.53. The molecule has 0 N–H and O–H groups in total. The number of hydrogen-bond donors (Lipinski definition) is 0. The van der Waals surface area contributed by atoms with Crippen molar-refractivity contribution in [2.75, 3.05) is 13.2 Å². The molecule has 0 aromatic rings. The van der Waals surface area contributed by atoms with Gasteiger partial charge in [-0.05, 0) is 116 Å². The zero-order valence-electron chi connectivity index (χ0n) is 47.0. The molecule has 6 heteroatoms. The normalized spacial score (nSPS) is 12.5. The summed E-state index contributed by atoms with van der Waals surface area (Å²) in [6.45, 7) is 6.59. The third-order valence-electron chi connectivity index (χ3n) is 13.2. The molecular formula is C65H114O6. The van der Waals surface area contributed by atoms with Crippen LogP contribution in [0.15, 0.2) is 72.9 Å². The average molecular weight is 992 g/mol. The van der Waals surface area contributed by atoms with Crippen LogP contribution < -0.4 is 0 Å². The average Bonchev–Trinajstić information content (AvgIpc) is 3.37. The second-order valence-electron chi connectivity index (χ2n) is 20.2. The molecule has 0 aliphatic heterocycles. The quantitative estimate of drug-likeness (QED) is 0.0261. The summed E-state index contributed by atoms with van der Waals surface area (Å²) in [4.78, 5) is 38.2. The van der Waals surface area contributed by atoms with E-state index in [9.17, 15) is 14.4 Å². The van der Waals surface area contributed by atoms with Crippen molar-refractivity contribution in [2.45, 2.75) is 309 Å². The summed E-state index contributed by atoms with van der Waals surface area (Å²) in [6.07, 6.45) is 76.1. The molecular weight excluding hydrogens is 877 g/mol. The first kappa shape index (κ1) is 67.8. The predicted molar refractivity (Wildman–Crippen MR) is 307 cm³/mol. The summed E-state index contributed by atoms with van der Waals surface area (Å²) in [5.74, 6) is -0.920. The van der Waals surface area contributed by atoms with Crippen LogP contribution in [0.2, 0.25) is 0 Å². The van der Waals surface area contributed by atoms with Crippen LogP contribution in [-0.2, 0) is 28.6 Å². The van der Waals surface area contributed by atoms with Crippen LogP contribution in [0.5, 0.6) is 0 Å². The maximum atomic E-state index is 12.9. The molecule has 0 aromatic heterocycles. The van der Waals surface area contributed by atoms with Crippen LogP contribution in [0.3, 0.4) is 0 Å². The van der Waals surface area contributed by atoms with Crippen molar-refractivity contribution in [3.05, 3.63) is 72.9 Å². The van der Waals surface area contributed by atoms with Crippen molar-refractivity contribution >= 4 is 17.9 Å². The monoisotopic (exact) mass is 991 g/mol. The molecule has 0 bridgehead atoms. The molecule has 1 atom stereocenters. The van der Waals surface area contributed by atoms with E-state index in [1.54, 1.807) is 0 Å². The summed E-state index contributed by atoms with van der Waals surface area (Å²) in [5.41, 5.74) is 0. The Balaban J connectivity index is 4.44. The van der Waals surface area contributed by atoms with Crippen LogP contribution in [0.25, 0.3) is 0 Å². The van der Waals surface area contributed by atoms with Crippen molar-refractivity contribution in [3.63, 3.8) is 0 Å². The first-order chi connectivity index (χ1) is 35.0. The van der Waals surface area contributed by atoms with E-state index in [4.69, 9.17) is 14.2 Å². The van der Waals surface area contributed by atoms with Crippen LogP contribution in [-0.4, -0.2) is 37.2 Å². The van der Waals surface area contributed by atoms with Gasteiger partial charge in [0.15, 0.2) is 6.10 Å². The SMILES string of the molecule is CCCCC/C=C\C/C=C\C/C=C\C/C=C\CCCCCC(=O)OC[C@@H](COC(=O)CCCCCCC/C=C\CCCCCCCC)OC(=O)CCCCCCCCCCC/C=C\CCCCCCCC. The molecule has 0 aromatic carbocycles. The number of carbonyl (C=O) groups is 3. The lowest BCUT2D eigenvalue weighted by atomic mass is 10.1. The number of esters is 3. The molecule has 0 unspecified atom stereocenters. The summed E-state index contributed by atoms with van der Waals surface area (Å²) in [6, 6.07) is 0. The van der Waals surface area contributed by atoms with Gasteiger partial charge < -0.3 is 14.2 Å². The highest BCUT2D eigenvalue weighted by molar-refractivity contribution is 5.71. The van der Waals surface area contributed by atoms with Crippen LogP contribution >= 0.6 is 0 Å². The molecule has 410 valence electrons. The minimum atomic E-state index is -0.794. The molecule has 0 radical (unpaired) electrons. The van der Waals surface area contributed by atoms with Crippen molar-refractivity contribution in [1.29, 1.82) is 0 Å². The van der Waals surface area contributed by atoms with Gasteiger partial charge in [-0.1, -0.05) is 241 Å². The number of carbonyl (C=O) groups excluding carboxylic acids is 3. The Hall–Kier alpha value is -3.15. The van der Waals surface area contributed by atoms with Crippen molar-refractivity contribution in [1.82, 2.24) is 0 Å². The topological polar surface area (TPSA) is 78.9 Å². The lowest BCUT2D eigenvalue weighted by Crippen LogP contribution is -2.30. The van der Waals surface area contributed by atoms with Crippen molar-refractivity contribution < 1.29 is 28.6 Å². The standard InChI is InChI=1S/C65H114O6/c1-4-7-10-13-16-19-22-25-28-30-32-34-37-40-43-46-49-52-55-58-64(67)70-61-62(60-69-63(66)57-54-51-48-45-42-39-36-27-24-21-18-15-12-9-6-3)71-65(68)59-56-53-50-47-44-41-38-35-33-31-29-26-23-20-17-14-11-8-5-2/h16,19,25-29,32,34,36,40,43,62H,4-15,17-18,20-24,30-31,33,35,37-39,41-42,44-61H2,1-3H3/b19-16-,28-25-,29-26-,34-32-,36-27-,43-40-/t62-/m1/s1. The van der Waals surface area contributed by atoms with E-state index >= 15 is 0 Å². The molecule has 0 aliphatic rings. The number of allylic oxidation sites excluding steroid dienone is 12. The molecule has 0 rings (SSSR count). The summed E-state index contributed by atoms with van der Waals surface area (Å²) >= 11 is 0. The number of hydrogen-bond acceptors (Lipinski definition) is 6. The zero-order chi connectivity index (χ0) is 51.4. The van der Waals surface area contributed by atoms with Gasteiger partial charge in [0.25, 0.3) is 0 Å². The minimum Gasteiger partial charge on any atom is -0.462 e. The van der Waals surface area contributed by atoms with E-state index in [1.165, 1.54) is 173 Å². The molecule has 71 heavy (non-hydrogen) atoms. The highest BCUT2D eigenvalue weighted by Gasteiger charge is 2.19. The van der Waals surface area contributed by atoms with Gasteiger partial charge in [-0.15, -0.1) is 0 Å². The lowest BCUT2D eigenvalue weighted by molar-refractivity contribution is -0.167.